The van der Waals surface area contributed by atoms with E-state index >= 15 is 0 Å². The van der Waals surface area contributed by atoms with Crippen molar-refractivity contribution in [3.63, 3.8) is 0 Å². The summed E-state index contributed by atoms with van der Waals surface area (Å²) in [5.74, 6) is 0. The number of aliphatic hydroxyl groups is 1. The molecule has 2 aromatic rings. The smallest absolute Gasteiger partial charge is 0.0898 e. The number of hydrogen-bond donors (Lipinski definition) is 1. The summed E-state index contributed by atoms with van der Waals surface area (Å²) < 4.78 is 1.90. The Kier molecular flexibility index (Phi) is 3.07. The lowest BCUT2D eigenvalue weighted by Crippen LogP contribution is -2.04. The van der Waals surface area contributed by atoms with Crippen LogP contribution in [0.2, 0.25) is 0 Å². The number of aryl methyl sites for hydroxylation is 2. The van der Waals surface area contributed by atoms with Crippen LogP contribution in [-0.4, -0.2) is 19.9 Å². The lowest BCUT2D eigenvalue weighted by molar-refractivity contribution is 0.280. The molecule has 0 fully saturated rings. The van der Waals surface area contributed by atoms with Crippen molar-refractivity contribution in [3.05, 3.63) is 33.0 Å². The van der Waals surface area contributed by atoms with Crippen molar-refractivity contribution >= 4 is 11.3 Å². The predicted octanol–water partition coefficient (Wildman–Crippen LogP) is 1.81. The van der Waals surface area contributed by atoms with Gasteiger partial charge in [0.1, 0.15) is 0 Å². The molecule has 2 rings (SSSR count). The summed E-state index contributed by atoms with van der Waals surface area (Å²) in [5, 5.41) is 16.7. The monoisotopic (exact) mass is 237 g/mol. The van der Waals surface area contributed by atoms with Crippen molar-refractivity contribution in [1.82, 2.24) is 14.8 Å². The van der Waals surface area contributed by atoms with E-state index in [-0.39, 0.29) is 6.61 Å². The zero-order valence-electron chi connectivity index (χ0n) is 9.69. The van der Waals surface area contributed by atoms with E-state index in [1.165, 1.54) is 0 Å². The molecule has 0 atom stereocenters. The zero-order chi connectivity index (χ0) is 11.7. The third kappa shape index (κ3) is 2.01. The van der Waals surface area contributed by atoms with E-state index in [9.17, 15) is 5.11 Å². The lowest BCUT2D eigenvalue weighted by atomic mass is 10.2. The van der Waals surface area contributed by atoms with Crippen LogP contribution in [-0.2, 0) is 13.2 Å². The van der Waals surface area contributed by atoms with Crippen molar-refractivity contribution in [2.75, 3.05) is 0 Å². The molecule has 0 amide bonds. The minimum absolute atomic E-state index is 0.0494. The van der Waals surface area contributed by atoms with Gasteiger partial charge in [0.15, 0.2) is 0 Å². The number of aromatic nitrogens is 3. The maximum atomic E-state index is 9.22. The van der Waals surface area contributed by atoms with E-state index in [1.54, 1.807) is 11.3 Å². The summed E-state index contributed by atoms with van der Waals surface area (Å²) in [6, 6.07) is 0. The third-order valence-corrected chi connectivity index (χ3v) is 3.49. The van der Waals surface area contributed by atoms with E-state index in [0.29, 0.717) is 6.54 Å². The Labute approximate surface area is 98.6 Å². The standard InChI is InChI=1S/C11H15N3OS/c1-7-11(5-15)8(2)14(13-7)4-10-6-16-9(3)12-10/h6,15H,4-5H2,1-3H3. The van der Waals surface area contributed by atoms with E-state index in [0.717, 1.165) is 27.7 Å². The molecular formula is C11H15N3OS. The number of nitrogens with zero attached hydrogens (tertiary/aromatic N) is 3. The van der Waals surface area contributed by atoms with Crippen molar-refractivity contribution in [3.8, 4) is 0 Å². The molecule has 0 saturated carbocycles. The molecule has 0 unspecified atom stereocenters. The Morgan fingerprint density at radius 2 is 2.12 bits per heavy atom. The van der Waals surface area contributed by atoms with Crippen LogP contribution in [0.1, 0.15) is 27.7 Å². The first-order chi connectivity index (χ1) is 7.61. The molecule has 4 nitrogen and oxygen atoms in total. The maximum Gasteiger partial charge on any atom is 0.0898 e. The highest BCUT2D eigenvalue weighted by Gasteiger charge is 2.11. The Morgan fingerprint density at radius 3 is 2.62 bits per heavy atom. The van der Waals surface area contributed by atoms with Gasteiger partial charge in [-0.25, -0.2) is 4.98 Å². The van der Waals surface area contributed by atoms with Crippen LogP contribution in [0.15, 0.2) is 5.38 Å². The molecule has 0 saturated heterocycles. The molecule has 0 aliphatic heterocycles. The highest BCUT2D eigenvalue weighted by molar-refractivity contribution is 7.09. The minimum atomic E-state index is 0.0494. The number of thiazole rings is 1. The van der Waals surface area contributed by atoms with Gasteiger partial charge in [-0.1, -0.05) is 0 Å². The van der Waals surface area contributed by atoms with Crippen molar-refractivity contribution in [2.45, 2.75) is 33.9 Å². The van der Waals surface area contributed by atoms with Gasteiger partial charge in [-0.05, 0) is 20.8 Å². The fourth-order valence-electron chi connectivity index (χ4n) is 1.75. The van der Waals surface area contributed by atoms with Crippen molar-refractivity contribution < 1.29 is 5.11 Å². The number of rotatable bonds is 3. The quantitative estimate of drug-likeness (QED) is 0.885. The Balaban J connectivity index is 2.28. The van der Waals surface area contributed by atoms with Crippen LogP contribution < -0.4 is 0 Å². The average molecular weight is 237 g/mol. The average Bonchev–Trinajstić information content (AvgIpc) is 2.74. The second-order valence-corrected chi connectivity index (χ2v) is 4.89. The lowest BCUT2D eigenvalue weighted by Gasteiger charge is -2.01. The second kappa shape index (κ2) is 4.35. The van der Waals surface area contributed by atoms with E-state index in [2.05, 4.69) is 10.1 Å². The van der Waals surface area contributed by atoms with Gasteiger partial charge in [-0.15, -0.1) is 11.3 Å². The highest BCUT2D eigenvalue weighted by atomic mass is 32.1. The van der Waals surface area contributed by atoms with Gasteiger partial charge in [-0.2, -0.15) is 5.10 Å². The van der Waals surface area contributed by atoms with Gasteiger partial charge in [-0.3, -0.25) is 4.68 Å². The first-order valence-corrected chi connectivity index (χ1v) is 6.04. The summed E-state index contributed by atoms with van der Waals surface area (Å²) in [5.41, 5.74) is 3.86. The maximum absolute atomic E-state index is 9.22. The Bertz CT molecular complexity index is 501. The van der Waals surface area contributed by atoms with Crippen molar-refractivity contribution in [2.24, 2.45) is 0 Å². The van der Waals surface area contributed by atoms with Gasteiger partial charge >= 0.3 is 0 Å². The summed E-state index contributed by atoms with van der Waals surface area (Å²) in [7, 11) is 0. The molecule has 5 heteroatoms. The highest BCUT2D eigenvalue weighted by Crippen LogP contribution is 2.15. The van der Waals surface area contributed by atoms with Crippen LogP contribution in [0.4, 0.5) is 0 Å². The first-order valence-electron chi connectivity index (χ1n) is 5.16. The molecule has 0 aromatic carbocycles. The molecule has 1 N–H and O–H groups in total. The predicted molar refractivity (Wildman–Crippen MR) is 63.6 cm³/mol. The third-order valence-electron chi connectivity index (χ3n) is 2.67. The van der Waals surface area contributed by atoms with Gasteiger partial charge in [0.05, 0.1) is 29.5 Å². The van der Waals surface area contributed by atoms with Gasteiger partial charge in [0.25, 0.3) is 0 Å². The number of aliphatic hydroxyl groups excluding tert-OH is 1. The van der Waals surface area contributed by atoms with Gasteiger partial charge in [0.2, 0.25) is 0 Å². The van der Waals surface area contributed by atoms with Crippen LogP contribution in [0.5, 0.6) is 0 Å². The van der Waals surface area contributed by atoms with Crippen LogP contribution in [0.25, 0.3) is 0 Å². The Hall–Kier alpha value is -1.20. The zero-order valence-corrected chi connectivity index (χ0v) is 10.5. The van der Waals surface area contributed by atoms with Gasteiger partial charge < -0.3 is 5.11 Å². The molecule has 0 radical (unpaired) electrons. The molecule has 2 heterocycles. The largest absolute Gasteiger partial charge is 0.392 e. The first kappa shape index (κ1) is 11.3. The topological polar surface area (TPSA) is 50.9 Å². The Morgan fingerprint density at radius 1 is 1.38 bits per heavy atom. The summed E-state index contributed by atoms with van der Waals surface area (Å²) in [4.78, 5) is 4.41. The van der Waals surface area contributed by atoms with Crippen LogP contribution in [0.3, 0.4) is 0 Å². The van der Waals surface area contributed by atoms with Gasteiger partial charge in [0, 0.05) is 16.6 Å². The molecule has 2 aromatic heterocycles. The van der Waals surface area contributed by atoms with E-state index in [4.69, 9.17) is 0 Å². The SMILES string of the molecule is Cc1nc(Cn2nc(C)c(CO)c2C)cs1. The van der Waals surface area contributed by atoms with E-state index < -0.39 is 0 Å². The second-order valence-electron chi connectivity index (χ2n) is 3.82. The van der Waals surface area contributed by atoms with Crippen LogP contribution >= 0.6 is 11.3 Å². The fraction of sp³-hybridized carbons (Fsp3) is 0.455. The molecule has 0 spiro atoms. The van der Waals surface area contributed by atoms with Crippen molar-refractivity contribution in [1.29, 1.82) is 0 Å². The molecular weight excluding hydrogens is 222 g/mol. The minimum Gasteiger partial charge on any atom is -0.392 e. The summed E-state index contributed by atoms with van der Waals surface area (Å²) in [6.07, 6.45) is 0. The molecule has 0 aliphatic carbocycles. The molecule has 0 bridgehead atoms. The summed E-state index contributed by atoms with van der Waals surface area (Å²) >= 11 is 1.64. The fourth-order valence-corrected chi connectivity index (χ4v) is 2.35. The normalized spacial score (nSPS) is 11.0. The van der Waals surface area contributed by atoms with Crippen LogP contribution in [0, 0.1) is 20.8 Å². The summed E-state index contributed by atoms with van der Waals surface area (Å²) in [6.45, 7) is 6.62. The number of hydrogen-bond acceptors (Lipinski definition) is 4. The molecule has 16 heavy (non-hydrogen) atoms. The molecule has 86 valence electrons. The van der Waals surface area contributed by atoms with E-state index in [1.807, 2.05) is 30.8 Å². The molecule has 0 aliphatic rings.